The summed E-state index contributed by atoms with van der Waals surface area (Å²) in [6.07, 6.45) is -9.86. The van der Waals surface area contributed by atoms with Crippen LogP contribution in [-0.4, -0.2) is 49.9 Å². The van der Waals surface area contributed by atoms with E-state index in [1.54, 1.807) is 13.8 Å². The number of carbonyl (C=O) groups is 1. The zero-order valence-electron chi connectivity index (χ0n) is 16.2. The summed E-state index contributed by atoms with van der Waals surface area (Å²) >= 11 is 0. The molecule has 5 nitrogen and oxygen atoms in total. The van der Waals surface area contributed by atoms with Gasteiger partial charge in [-0.3, -0.25) is 4.79 Å². The Labute approximate surface area is 169 Å². The molecule has 12 heteroatoms. The van der Waals surface area contributed by atoms with Crippen LogP contribution in [0.2, 0.25) is 0 Å². The summed E-state index contributed by atoms with van der Waals surface area (Å²) in [5.74, 6) is -1.84. The van der Waals surface area contributed by atoms with E-state index in [0.29, 0.717) is 12.1 Å². The van der Waals surface area contributed by atoms with Crippen molar-refractivity contribution in [2.45, 2.75) is 38.7 Å². The van der Waals surface area contributed by atoms with Crippen LogP contribution in [-0.2, 0) is 27.0 Å². The predicted molar refractivity (Wildman–Crippen MR) is 95.6 cm³/mol. The Morgan fingerprint density at radius 3 is 2.03 bits per heavy atom. The quantitative estimate of drug-likeness (QED) is 0.605. The maximum atomic E-state index is 12.9. The molecule has 1 aliphatic rings. The molecule has 1 atom stereocenters. The first-order chi connectivity index (χ1) is 13.6. The van der Waals surface area contributed by atoms with Gasteiger partial charge in [-0.15, -0.1) is 0 Å². The number of ether oxygens (including phenoxy) is 1. The molecule has 1 unspecified atom stereocenters. The average molecular weight is 461 g/mol. The molecule has 1 saturated heterocycles. The molecule has 2 rings (SSSR count). The van der Waals surface area contributed by atoms with Gasteiger partial charge in [0, 0.05) is 12.6 Å². The van der Waals surface area contributed by atoms with Gasteiger partial charge in [-0.1, -0.05) is 13.8 Å². The second-order valence-corrected chi connectivity index (χ2v) is 9.76. The minimum absolute atomic E-state index is 0.0386. The lowest BCUT2D eigenvalue weighted by Crippen LogP contribution is -2.45. The lowest BCUT2D eigenvalue weighted by Gasteiger charge is -2.30. The van der Waals surface area contributed by atoms with E-state index in [9.17, 15) is 39.6 Å². The molecule has 1 amide bonds. The molecule has 1 aromatic rings. The van der Waals surface area contributed by atoms with Gasteiger partial charge in [-0.25, -0.2) is 8.42 Å². The van der Waals surface area contributed by atoms with Gasteiger partial charge >= 0.3 is 12.4 Å². The number of rotatable bonds is 6. The standard InChI is InChI=1S/C18H21F6NO4S/c1-11(2)8-25(14-3-4-30(27,28)10-14)16(26)9-29-15-6-12(17(19,20)21)5-13(7-15)18(22,23)24/h5-7,11,14H,3-4,8-10H2,1-2H3. The Kier molecular flexibility index (Phi) is 6.99. The van der Waals surface area contributed by atoms with Crippen LogP contribution < -0.4 is 4.74 Å². The highest BCUT2D eigenvalue weighted by molar-refractivity contribution is 7.91. The van der Waals surface area contributed by atoms with Gasteiger partial charge in [0.15, 0.2) is 16.4 Å². The van der Waals surface area contributed by atoms with Crippen LogP contribution in [0.25, 0.3) is 0 Å². The fraction of sp³-hybridized carbons (Fsp3) is 0.611. The Hall–Kier alpha value is -1.98. The van der Waals surface area contributed by atoms with Gasteiger partial charge in [-0.05, 0) is 30.5 Å². The van der Waals surface area contributed by atoms with E-state index < -0.39 is 57.6 Å². The van der Waals surface area contributed by atoms with Crippen LogP contribution in [0.3, 0.4) is 0 Å². The van der Waals surface area contributed by atoms with Crippen molar-refractivity contribution < 1.29 is 44.3 Å². The predicted octanol–water partition coefficient (Wildman–Crippen LogP) is 3.77. The van der Waals surface area contributed by atoms with Crippen LogP contribution >= 0.6 is 0 Å². The molecule has 0 spiro atoms. The van der Waals surface area contributed by atoms with Crippen LogP contribution in [0.5, 0.6) is 5.75 Å². The third-order valence-electron chi connectivity index (χ3n) is 4.45. The SMILES string of the molecule is CC(C)CN(C(=O)COc1cc(C(F)(F)F)cc(C(F)(F)F)c1)C1CCS(=O)(=O)C1. The number of alkyl halides is 6. The maximum Gasteiger partial charge on any atom is 0.416 e. The normalized spacial score (nSPS) is 19.2. The molecule has 1 aliphatic heterocycles. The highest BCUT2D eigenvalue weighted by Crippen LogP contribution is 2.38. The third kappa shape index (κ3) is 6.51. The summed E-state index contributed by atoms with van der Waals surface area (Å²) in [4.78, 5) is 13.8. The lowest BCUT2D eigenvalue weighted by molar-refractivity contribution is -0.143. The lowest BCUT2D eigenvalue weighted by atomic mass is 10.1. The van der Waals surface area contributed by atoms with Gasteiger partial charge in [0.05, 0.1) is 22.6 Å². The Bertz CT molecular complexity index is 847. The number of benzene rings is 1. The van der Waals surface area contributed by atoms with Crippen LogP contribution in [0.1, 0.15) is 31.4 Å². The molecule has 0 radical (unpaired) electrons. The summed E-state index contributed by atoms with van der Waals surface area (Å²) in [5.41, 5.74) is -3.11. The van der Waals surface area contributed by atoms with Crippen molar-refractivity contribution in [1.29, 1.82) is 0 Å². The van der Waals surface area contributed by atoms with E-state index in [-0.39, 0.29) is 36.5 Å². The van der Waals surface area contributed by atoms with Crippen molar-refractivity contribution in [2.24, 2.45) is 5.92 Å². The third-order valence-corrected chi connectivity index (χ3v) is 6.21. The number of carbonyl (C=O) groups excluding carboxylic acids is 1. The Morgan fingerprint density at radius 2 is 1.63 bits per heavy atom. The molecule has 0 aliphatic carbocycles. The molecule has 170 valence electrons. The molecule has 0 aromatic heterocycles. The Morgan fingerprint density at radius 1 is 1.10 bits per heavy atom. The van der Waals surface area contributed by atoms with Crippen LogP contribution in [0.4, 0.5) is 26.3 Å². The molecule has 30 heavy (non-hydrogen) atoms. The van der Waals surface area contributed by atoms with Crippen LogP contribution in [0.15, 0.2) is 18.2 Å². The van der Waals surface area contributed by atoms with Crippen molar-refractivity contribution in [1.82, 2.24) is 4.90 Å². The first kappa shape index (κ1) is 24.3. The van der Waals surface area contributed by atoms with Gasteiger partial charge in [0.25, 0.3) is 5.91 Å². The number of hydrogen-bond donors (Lipinski definition) is 0. The van der Waals surface area contributed by atoms with Crippen molar-refractivity contribution in [3.8, 4) is 5.75 Å². The molecule has 1 heterocycles. The summed E-state index contributed by atoms with van der Waals surface area (Å²) in [5, 5.41) is 0. The highest BCUT2D eigenvalue weighted by atomic mass is 32.2. The molecule has 0 saturated carbocycles. The molecule has 1 fully saturated rings. The minimum Gasteiger partial charge on any atom is -0.484 e. The number of nitrogens with zero attached hydrogens (tertiary/aromatic N) is 1. The Balaban J connectivity index is 2.22. The van der Waals surface area contributed by atoms with Crippen molar-refractivity contribution in [3.05, 3.63) is 29.3 Å². The smallest absolute Gasteiger partial charge is 0.416 e. The fourth-order valence-corrected chi connectivity index (χ4v) is 4.84. The number of amides is 1. The molecular formula is C18H21F6NO4S. The number of hydrogen-bond acceptors (Lipinski definition) is 4. The van der Waals surface area contributed by atoms with E-state index in [1.165, 1.54) is 4.90 Å². The molecule has 0 N–H and O–H groups in total. The zero-order chi connectivity index (χ0) is 22.9. The van der Waals surface area contributed by atoms with Crippen molar-refractivity contribution in [3.63, 3.8) is 0 Å². The minimum atomic E-state index is -5.04. The second-order valence-electron chi connectivity index (χ2n) is 7.53. The van der Waals surface area contributed by atoms with E-state index in [0.717, 1.165) is 0 Å². The molecule has 1 aromatic carbocycles. The maximum absolute atomic E-state index is 12.9. The second kappa shape index (κ2) is 8.64. The largest absolute Gasteiger partial charge is 0.484 e. The highest BCUT2D eigenvalue weighted by Gasteiger charge is 2.38. The first-order valence-corrected chi connectivity index (χ1v) is 10.8. The zero-order valence-corrected chi connectivity index (χ0v) is 17.0. The molecular weight excluding hydrogens is 440 g/mol. The number of halogens is 6. The number of sulfone groups is 1. The average Bonchev–Trinajstić information content (AvgIpc) is 2.95. The van der Waals surface area contributed by atoms with E-state index in [2.05, 4.69) is 0 Å². The first-order valence-electron chi connectivity index (χ1n) is 9.00. The van der Waals surface area contributed by atoms with Gasteiger partial charge in [0.2, 0.25) is 0 Å². The van der Waals surface area contributed by atoms with Gasteiger partial charge in [-0.2, -0.15) is 26.3 Å². The van der Waals surface area contributed by atoms with E-state index in [4.69, 9.17) is 4.74 Å². The summed E-state index contributed by atoms with van der Waals surface area (Å²) < 4.78 is 106. The summed E-state index contributed by atoms with van der Waals surface area (Å²) in [6, 6.07) is 0.120. The topological polar surface area (TPSA) is 63.7 Å². The fourth-order valence-electron chi connectivity index (χ4n) is 3.11. The van der Waals surface area contributed by atoms with Crippen molar-refractivity contribution >= 4 is 15.7 Å². The molecule has 0 bridgehead atoms. The van der Waals surface area contributed by atoms with E-state index >= 15 is 0 Å². The van der Waals surface area contributed by atoms with Gasteiger partial charge < -0.3 is 9.64 Å². The van der Waals surface area contributed by atoms with Gasteiger partial charge in [0.1, 0.15) is 5.75 Å². The van der Waals surface area contributed by atoms with E-state index in [1.807, 2.05) is 0 Å². The summed E-state index contributed by atoms with van der Waals surface area (Å²) in [6.45, 7) is 2.93. The van der Waals surface area contributed by atoms with Crippen molar-refractivity contribution in [2.75, 3.05) is 24.7 Å². The van der Waals surface area contributed by atoms with Crippen LogP contribution in [0, 0.1) is 5.92 Å². The monoisotopic (exact) mass is 461 g/mol. The summed E-state index contributed by atoms with van der Waals surface area (Å²) in [7, 11) is -3.31.